The average molecular weight is 321 g/mol. The molecule has 0 saturated carbocycles. The third-order valence-electron chi connectivity index (χ3n) is 2.40. The van der Waals surface area contributed by atoms with Crippen molar-refractivity contribution < 1.29 is 0 Å². The van der Waals surface area contributed by atoms with E-state index in [4.69, 9.17) is 11.5 Å². The first-order chi connectivity index (χ1) is 7.59. The van der Waals surface area contributed by atoms with E-state index in [-0.39, 0.29) is 24.8 Å². The van der Waals surface area contributed by atoms with Gasteiger partial charge in [0.2, 0.25) is 0 Å². The van der Waals surface area contributed by atoms with Crippen LogP contribution in [-0.2, 0) is 0 Å². The highest BCUT2D eigenvalue weighted by atomic mass is 35.5. The summed E-state index contributed by atoms with van der Waals surface area (Å²) in [5.74, 6) is 0. The lowest BCUT2D eigenvalue weighted by molar-refractivity contribution is 1.28. The molecular formula is C12H14Cl2N2S2. The van der Waals surface area contributed by atoms with Gasteiger partial charge in [-0.15, -0.1) is 50.1 Å². The number of halogens is 2. The van der Waals surface area contributed by atoms with Crippen LogP contribution in [0.3, 0.4) is 0 Å². The molecule has 2 nitrogen and oxygen atoms in total. The van der Waals surface area contributed by atoms with Gasteiger partial charge in [-0.2, -0.15) is 0 Å². The van der Waals surface area contributed by atoms with Gasteiger partial charge in [0.05, 0.1) is 0 Å². The van der Waals surface area contributed by atoms with Crippen molar-refractivity contribution in [2.24, 2.45) is 0 Å². The van der Waals surface area contributed by atoms with E-state index >= 15 is 0 Å². The molecule has 0 aliphatic heterocycles. The van der Waals surface area contributed by atoms with Gasteiger partial charge in [-0.25, -0.2) is 0 Å². The minimum Gasteiger partial charge on any atom is -0.399 e. The Morgan fingerprint density at radius 1 is 0.722 bits per heavy atom. The largest absolute Gasteiger partial charge is 0.399 e. The number of benzene rings is 2. The molecule has 0 unspecified atom stereocenters. The van der Waals surface area contributed by atoms with E-state index in [0.717, 1.165) is 21.7 Å². The van der Waals surface area contributed by atoms with Gasteiger partial charge in [-0.3, -0.25) is 0 Å². The van der Waals surface area contributed by atoms with Gasteiger partial charge in [0.1, 0.15) is 0 Å². The van der Waals surface area contributed by atoms with Crippen molar-refractivity contribution in [2.45, 2.75) is 9.79 Å². The van der Waals surface area contributed by atoms with Crippen molar-refractivity contribution in [3.63, 3.8) is 0 Å². The van der Waals surface area contributed by atoms with Crippen LogP contribution in [-0.4, -0.2) is 0 Å². The van der Waals surface area contributed by atoms with Gasteiger partial charge in [0.15, 0.2) is 0 Å². The van der Waals surface area contributed by atoms with E-state index < -0.39 is 0 Å². The molecule has 0 aliphatic carbocycles. The van der Waals surface area contributed by atoms with Crippen molar-refractivity contribution >= 4 is 61.4 Å². The number of nitrogen functional groups attached to an aromatic ring is 2. The van der Waals surface area contributed by atoms with Gasteiger partial charge in [0.25, 0.3) is 0 Å². The lowest BCUT2D eigenvalue weighted by Crippen LogP contribution is -1.90. The molecule has 6 heteroatoms. The minimum absolute atomic E-state index is 0. The van der Waals surface area contributed by atoms with Gasteiger partial charge in [0, 0.05) is 21.2 Å². The molecule has 0 aliphatic rings. The second-order valence-corrected chi connectivity index (χ2v) is 4.42. The lowest BCUT2D eigenvalue weighted by Gasteiger charge is -2.09. The van der Waals surface area contributed by atoms with Crippen LogP contribution in [0.4, 0.5) is 11.4 Å². The second kappa shape index (κ2) is 7.04. The number of nitrogens with two attached hydrogens (primary N) is 2. The number of hydrogen-bond acceptors (Lipinski definition) is 4. The van der Waals surface area contributed by atoms with Crippen LogP contribution in [0.25, 0.3) is 11.1 Å². The molecule has 2 aromatic carbocycles. The number of rotatable bonds is 1. The summed E-state index contributed by atoms with van der Waals surface area (Å²) >= 11 is 8.76. The molecular weight excluding hydrogens is 307 g/mol. The van der Waals surface area contributed by atoms with Crippen molar-refractivity contribution in [1.29, 1.82) is 0 Å². The SMILES string of the molecule is Cl.Cl.Nc1ccc(-c2ccc(N)c(S)c2S)cc1. The predicted molar refractivity (Wildman–Crippen MR) is 89.7 cm³/mol. The summed E-state index contributed by atoms with van der Waals surface area (Å²) in [6.45, 7) is 0. The van der Waals surface area contributed by atoms with Crippen LogP contribution in [0.2, 0.25) is 0 Å². The first-order valence-corrected chi connectivity index (χ1v) is 5.65. The van der Waals surface area contributed by atoms with E-state index in [2.05, 4.69) is 25.3 Å². The third-order valence-corrected chi connectivity index (χ3v) is 3.53. The van der Waals surface area contributed by atoms with Crippen molar-refractivity contribution in [1.82, 2.24) is 0 Å². The minimum atomic E-state index is 0. The molecule has 0 saturated heterocycles. The maximum absolute atomic E-state index is 5.75. The number of thiol groups is 2. The molecule has 0 spiro atoms. The fraction of sp³-hybridized carbons (Fsp3) is 0. The summed E-state index contributed by atoms with van der Waals surface area (Å²) in [7, 11) is 0. The van der Waals surface area contributed by atoms with Crippen LogP contribution in [0.15, 0.2) is 46.2 Å². The second-order valence-electron chi connectivity index (χ2n) is 3.52. The van der Waals surface area contributed by atoms with Gasteiger partial charge in [-0.1, -0.05) is 18.2 Å². The normalized spacial score (nSPS) is 9.22. The predicted octanol–water partition coefficient (Wildman–Crippen LogP) is 3.94. The fourth-order valence-electron chi connectivity index (χ4n) is 1.49. The van der Waals surface area contributed by atoms with Crippen molar-refractivity contribution in [3.05, 3.63) is 36.4 Å². The van der Waals surface area contributed by atoms with Crippen LogP contribution in [0, 0.1) is 0 Å². The summed E-state index contributed by atoms with van der Waals surface area (Å²) in [5, 5.41) is 0. The zero-order valence-corrected chi connectivity index (χ0v) is 12.8. The topological polar surface area (TPSA) is 52.0 Å². The van der Waals surface area contributed by atoms with Crippen LogP contribution in [0.5, 0.6) is 0 Å². The summed E-state index contributed by atoms with van der Waals surface area (Å²) < 4.78 is 0. The summed E-state index contributed by atoms with van der Waals surface area (Å²) in [5.41, 5.74) is 14.8. The van der Waals surface area contributed by atoms with Crippen molar-refractivity contribution in [3.8, 4) is 11.1 Å². The summed E-state index contributed by atoms with van der Waals surface area (Å²) in [6.07, 6.45) is 0. The average Bonchev–Trinajstić information content (AvgIpc) is 2.28. The summed E-state index contributed by atoms with van der Waals surface area (Å²) in [6, 6.07) is 11.4. The Kier molecular flexibility index (Phi) is 6.78. The standard InChI is InChI=1S/C12H12N2S2.2ClH/c13-8-3-1-7(2-4-8)9-5-6-10(14)12(16)11(9)15;;/h1-6,15-16H,13-14H2;2*1H. The summed E-state index contributed by atoms with van der Waals surface area (Å²) in [4.78, 5) is 1.49. The molecule has 0 fully saturated rings. The Labute approximate surface area is 130 Å². The zero-order chi connectivity index (χ0) is 11.7. The Bertz CT molecular complexity index is 530. The molecule has 4 N–H and O–H groups in total. The lowest BCUT2D eigenvalue weighted by atomic mass is 10.0. The van der Waals surface area contributed by atoms with E-state index in [0.29, 0.717) is 10.6 Å². The van der Waals surface area contributed by atoms with Gasteiger partial charge >= 0.3 is 0 Å². The Morgan fingerprint density at radius 2 is 1.28 bits per heavy atom. The molecule has 2 rings (SSSR count). The smallest absolute Gasteiger partial charge is 0.0461 e. The molecule has 0 aromatic heterocycles. The monoisotopic (exact) mass is 320 g/mol. The molecule has 0 heterocycles. The Balaban J connectivity index is 0.00000144. The maximum atomic E-state index is 5.75. The van der Waals surface area contributed by atoms with E-state index in [1.807, 2.05) is 36.4 Å². The van der Waals surface area contributed by atoms with Crippen LogP contribution in [0.1, 0.15) is 0 Å². The van der Waals surface area contributed by atoms with E-state index in [9.17, 15) is 0 Å². The molecule has 2 aromatic rings. The van der Waals surface area contributed by atoms with Crippen LogP contribution < -0.4 is 11.5 Å². The first kappa shape index (κ1) is 17.3. The molecule has 0 atom stereocenters. The maximum Gasteiger partial charge on any atom is 0.0461 e. The highest BCUT2D eigenvalue weighted by Gasteiger charge is 2.07. The van der Waals surface area contributed by atoms with E-state index in [1.54, 1.807) is 0 Å². The van der Waals surface area contributed by atoms with Crippen molar-refractivity contribution in [2.75, 3.05) is 11.5 Å². The zero-order valence-electron chi connectivity index (χ0n) is 9.33. The third kappa shape index (κ3) is 3.42. The molecule has 0 bridgehead atoms. The molecule has 0 radical (unpaired) electrons. The Hall–Kier alpha value is -0.680. The highest BCUT2D eigenvalue weighted by molar-refractivity contribution is 7.83. The fourth-order valence-corrected chi connectivity index (χ4v) is 2.02. The first-order valence-electron chi connectivity index (χ1n) is 4.76. The molecule has 0 amide bonds. The number of anilines is 2. The van der Waals surface area contributed by atoms with Gasteiger partial charge in [-0.05, 0) is 29.3 Å². The Morgan fingerprint density at radius 3 is 1.83 bits per heavy atom. The van der Waals surface area contributed by atoms with Gasteiger partial charge < -0.3 is 11.5 Å². The van der Waals surface area contributed by atoms with E-state index in [1.165, 1.54) is 0 Å². The molecule has 98 valence electrons. The number of hydrogen-bond donors (Lipinski definition) is 4. The quantitative estimate of drug-likeness (QED) is 0.475. The van der Waals surface area contributed by atoms with Crippen LogP contribution >= 0.6 is 50.1 Å². The highest BCUT2D eigenvalue weighted by Crippen LogP contribution is 2.34. The molecule has 18 heavy (non-hydrogen) atoms.